The molecule has 0 spiro atoms. The van der Waals surface area contributed by atoms with Crippen molar-refractivity contribution in [3.63, 3.8) is 0 Å². The summed E-state index contributed by atoms with van der Waals surface area (Å²) in [4.78, 5) is 0. The monoisotopic (exact) mass is 230 g/mol. The summed E-state index contributed by atoms with van der Waals surface area (Å²) in [5.74, 6) is 1.67. The Bertz CT molecular complexity index is 353. The van der Waals surface area contributed by atoms with Crippen molar-refractivity contribution in [3.8, 4) is 0 Å². The molecule has 0 N–H and O–H groups in total. The molecule has 0 heteroatoms. The van der Waals surface area contributed by atoms with Gasteiger partial charge in [0, 0.05) is 0 Å². The zero-order chi connectivity index (χ0) is 12.5. The van der Waals surface area contributed by atoms with E-state index in [-0.39, 0.29) is 5.41 Å². The van der Waals surface area contributed by atoms with Crippen molar-refractivity contribution in [2.45, 2.75) is 64.7 Å². The van der Waals surface area contributed by atoms with Crippen molar-refractivity contribution in [1.29, 1.82) is 0 Å². The van der Waals surface area contributed by atoms with Gasteiger partial charge in [0.2, 0.25) is 0 Å². The lowest BCUT2D eigenvalue weighted by Crippen LogP contribution is -2.15. The summed E-state index contributed by atoms with van der Waals surface area (Å²) in [6.07, 6.45) is 5.63. The van der Waals surface area contributed by atoms with Gasteiger partial charge in [0.1, 0.15) is 0 Å². The average Bonchev–Trinajstić information content (AvgIpc) is 2.29. The zero-order valence-electron chi connectivity index (χ0n) is 11.8. The topological polar surface area (TPSA) is 0 Å². The van der Waals surface area contributed by atoms with Crippen LogP contribution in [0.5, 0.6) is 0 Å². The molecule has 1 aromatic rings. The second-order valence-electron chi connectivity index (χ2n) is 6.74. The zero-order valence-corrected chi connectivity index (χ0v) is 11.8. The van der Waals surface area contributed by atoms with E-state index in [0.29, 0.717) is 0 Å². The number of hydrogen-bond acceptors (Lipinski definition) is 0. The lowest BCUT2D eigenvalue weighted by Gasteiger charge is -2.29. The van der Waals surface area contributed by atoms with Crippen molar-refractivity contribution in [2.24, 2.45) is 5.92 Å². The third-order valence-corrected chi connectivity index (χ3v) is 4.32. The largest absolute Gasteiger partial charge is 0.0619 e. The molecule has 17 heavy (non-hydrogen) atoms. The molecule has 1 aromatic carbocycles. The molecule has 2 atom stereocenters. The van der Waals surface area contributed by atoms with Gasteiger partial charge in [-0.05, 0) is 34.8 Å². The van der Waals surface area contributed by atoms with Crippen LogP contribution in [-0.4, -0.2) is 0 Å². The Kier molecular flexibility index (Phi) is 3.61. The van der Waals surface area contributed by atoms with E-state index < -0.39 is 0 Å². The van der Waals surface area contributed by atoms with Crippen molar-refractivity contribution in [3.05, 3.63) is 35.4 Å². The lowest BCUT2D eigenvalue weighted by molar-refractivity contribution is 0.330. The fourth-order valence-electron chi connectivity index (χ4n) is 3.04. The minimum Gasteiger partial charge on any atom is -0.0619 e. The quantitative estimate of drug-likeness (QED) is 0.616. The molecule has 0 aromatic heterocycles. The minimum atomic E-state index is 0.275. The Hall–Kier alpha value is -0.780. The number of hydrogen-bond donors (Lipinski definition) is 0. The molecule has 0 aliphatic heterocycles. The maximum absolute atomic E-state index is 2.42. The highest BCUT2D eigenvalue weighted by Gasteiger charge is 2.23. The van der Waals surface area contributed by atoms with Gasteiger partial charge >= 0.3 is 0 Å². The SMILES string of the molecule is CC1CCCCC1c1ccc(C(C)(C)C)cc1. The number of rotatable bonds is 1. The van der Waals surface area contributed by atoms with Gasteiger partial charge in [0.05, 0.1) is 0 Å². The van der Waals surface area contributed by atoms with Gasteiger partial charge in [0.15, 0.2) is 0 Å². The van der Waals surface area contributed by atoms with Gasteiger partial charge in [-0.25, -0.2) is 0 Å². The smallest absolute Gasteiger partial charge is 0.0132 e. The lowest BCUT2D eigenvalue weighted by atomic mass is 9.76. The van der Waals surface area contributed by atoms with Crippen molar-refractivity contribution < 1.29 is 0 Å². The van der Waals surface area contributed by atoms with E-state index >= 15 is 0 Å². The van der Waals surface area contributed by atoms with Crippen LogP contribution in [0.25, 0.3) is 0 Å². The molecule has 1 saturated carbocycles. The highest BCUT2D eigenvalue weighted by atomic mass is 14.3. The number of benzene rings is 1. The molecule has 0 heterocycles. The first kappa shape index (κ1) is 12.7. The van der Waals surface area contributed by atoms with Gasteiger partial charge in [-0.1, -0.05) is 71.2 Å². The third-order valence-electron chi connectivity index (χ3n) is 4.32. The third kappa shape index (κ3) is 2.91. The molecular weight excluding hydrogens is 204 g/mol. The first-order valence-corrected chi connectivity index (χ1v) is 7.09. The van der Waals surface area contributed by atoms with E-state index in [0.717, 1.165) is 11.8 Å². The van der Waals surface area contributed by atoms with Gasteiger partial charge < -0.3 is 0 Å². The van der Waals surface area contributed by atoms with Crippen molar-refractivity contribution in [1.82, 2.24) is 0 Å². The van der Waals surface area contributed by atoms with Gasteiger partial charge in [-0.2, -0.15) is 0 Å². The van der Waals surface area contributed by atoms with E-state index in [1.54, 1.807) is 5.56 Å². The molecule has 0 radical (unpaired) electrons. The minimum absolute atomic E-state index is 0.275. The summed E-state index contributed by atoms with van der Waals surface area (Å²) < 4.78 is 0. The maximum Gasteiger partial charge on any atom is -0.0132 e. The first-order chi connectivity index (χ1) is 7.98. The standard InChI is InChI=1S/C17H26/c1-13-7-5-6-8-16(13)14-9-11-15(12-10-14)17(2,3)4/h9-13,16H,5-8H2,1-4H3. The Balaban J connectivity index is 2.17. The van der Waals surface area contributed by atoms with Gasteiger partial charge in [-0.15, -0.1) is 0 Å². The van der Waals surface area contributed by atoms with Gasteiger partial charge in [-0.3, -0.25) is 0 Å². The summed E-state index contributed by atoms with van der Waals surface area (Å²) >= 11 is 0. The van der Waals surface area contributed by atoms with Crippen LogP contribution in [0.3, 0.4) is 0 Å². The molecule has 0 nitrogen and oxygen atoms in total. The summed E-state index contributed by atoms with van der Waals surface area (Å²) in [6, 6.07) is 9.40. The molecule has 1 aliphatic carbocycles. The molecule has 2 unspecified atom stereocenters. The second kappa shape index (κ2) is 4.84. The summed E-state index contributed by atoms with van der Waals surface area (Å²) in [5.41, 5.74) is 3.28. The van der Waals surface area contributed by atoms with Crippen molar-refractivity contribution in [2.75, 3.05) is 0 Å². The van der Waals surface area contributed by atoms with Gasteiger partial charge in [0.25, 0.3) is 0 Å². The van der Waals surface area contributed by atoms with Crippen LogP contribution in [0.15, 0.2) is 24.3 Å². The van der Waals surface area contributed by atoms with Crippen molar-refractivity contribution >= 4 is 0 Å². The molecular formula is C17H26. The normalized spacial score (nSPS) is 25.9. The van der Waals surface area contributed by atoms with Crippen LogP contribution < -0.4 is 0 Å². The van der Waals surface area contributed by atoms with E-state index in [4.69, 9.17) is 0 Å². The van der Waals surface area contributed by atoms with E-state index in [2.05, 4.69) is 52.0 Å². The van der Waals surface area contributed by atoms with Crippen LogP contribution in [0.1, 0.15) is 70.4 Å². The highest BCUT2D eigenvalue weighted by Crippen LogP contribution is 2.37. The Morgan fingerprint density at radius 2 is 1.53 bits per heavy atom. The second-order valence-corrected chi connectivity index (χ2v) is 6.74. The summed E-state index contributed by atoms with van der Waals surface area (Å²) in [6.45, 7) is 9.27. The molecule has 0 bridgehead atoms. The Morgan fingerprint density at radius 1 is 0.941 bits per heavy atom. The predicted molar refractivity (Wildman–Crippen MR) is 75.5 cm³/mol. The highest BCUT2D eigenvalue weighted by molar-refractivity contribution is 5.30. The van der Waals surface area contributed by atoms with E-state index in [9.17, 15) is 0 Å². The first-order valence-electron chi connectivity index (χ1n) is 7.09. The summed E-state index contributed by atoms with van der Waals surface area (Å²) in [5, 5.41) is 0. The Morgan fingerprint density at radius 3 is 2.06 bits per heavy atom. The Labute approximate surface area is 106 Å². The molecule has 2 rings (SSSR count). The van der Waals surface area contributed by atoms with Crippen LogP contribution in [0, 0.1) is 5.92 Å². The molecule has 1 fully saturated rings. The maximum atomic E-state index is 2.42. The molecule has 0 saturated heterocycles. The molecule has 0 amide bonds. The predicted octanol–water partition coefficient (Wildman–Crippen LogP) is 5.28. The summed E-state index contributed by atoms with van der Waals surface area (Å²) in [7, 11) is 0. The fraction of sp³-hybridized carbons (Fsp3) is 0.647. The molecule has 1 aliphatic rings. The van der Waals surface area contributed by atoms with E-state index in [1.165, 1.54) is 31.2 Å². The van der Waals surface area contributed by atoms with Crippen LogP contribution in [0.2, 0.25) is 0 Å². The average molecular weight is 230 g/mol. The van der Waals surface area contributed by atoms with E-state index in [1.807, 2.05) is 0 Å². The molecule has 94 valence electrons. The van der Waals surface area contributed by atoms with Crippen LogP contribution in [-0.2, 0) is 5.41 Å². The van der Waals surface area contributed by atoms with Crippen LogP contribution in [0.4, 0.5) is 0 Å². The fourth-order valence-corrected chi connectivity index (χ4v) is 3.04. The van der Waals surface area contributed by atoms with Crippen LogP contribution >= 0.6 is 0 Å².